The molecular formula is C22H35ClN2O3. The average Bonchev–Trinajstić information content (AvgIpc) is 2.57. The van der Waals surface area contributed by atoms with Gasteiger partial charge in [-0.05, 0) is 29.2 Å². The fourth-order valence-corrected chi connectivity index (χ4v) is 3.14. The Labute approximate surface area is 174 Å². The summed E-state index contributed by atoms with van der Waals surface area (Å²) in [6.45, 7) is 11.8. The summed E-state index contributed by atoms with van der Waals surface area (Å²) in [7, 11) is 0. The van der Waals surface area contributed by atoms with Crippen molar-refractivity contribution in [3.8, 4) is 0 Å². The van der Waals surface area contributed by atoms with Gasteiger partial charge in [-0.2, -0.15) is 0 Å². The molecule has 0 aromatic heterocycles. The zero-order chi connectivity index (χ0) is 21.5. The molecule has 158 valence electrons. The fourth-order valence-electron chi connectivity index (χ4n) is 3.06. The van der Waals surface area contributed by atoms with Gasteiger partial charge in [0, 0.05) is 0 Å². The SMILES string of the molecule is CC(C)(C)CC(O)C(Cc1ccccc1)NC(=O)[C@@H](NC(=O)CCl)C(C)(C)C. The van der Waals surface area contributed by atoms with Crippen LogP contribution in [0.5, 0.6) is 0 Å². The highest BCUT2D eigenvalue weighted by Gasteiger charge is 2.35. The van der Waals surface area contributed by atoms with E-state index >= 15 is 0 Å². The Hall–Kier alpha value is -1.59. The smallest absolute Gasteiger partial charge is 0.243 e. The van der Waals surface area contributed by atoms with Crippen LogP contribution in [0.25, 0.3) is 0 Å². The van der Waals surface area contributed by atoms with Gasteiger partial charge >= 0.3 is 0 Å². The summed E-state index contributed by atoms with van der Waals surface area (Å²) >= 11 is 5.60. The number of aliphatic hydroxyl groups is 1. The second-order valence-electron chi connectivity index (χ2n) is 9.64. The van der Waals surface area contributed by atoms with Gasteiger partial charge in [-0.1, -0.05) is 71.9 Å². The van der Waals surface area contributed by atoms with E-state index in [2.05, 4.69) is 31.4 Å². The summed E-state index contributed by atoms with van der Waals surface area (Å²) in [5.41, 5.74) is 0.436. The van der Waals surface area contributed by atoms with Crippen molar-refractivity contribution < 1.29 is 14.7 Å². The maximum atomic E-state index is 13.0. The maximum absolute atomic E-state index is 13.0. The van der Waals surface area contributed by atoms with Crippen molar-refractivity contribution in [3.63, 3.8) is 0 Å². The molecule has 0 fully saturated rings. The van der Waals surface area contributed by atoms with E-state index in [1.54, 1.807) is 0 Å². The third-order valence-corrected chi connectivity index (χ3v) is 4.71. The number of aliphatic hydroxyl groups excluding tert-OH is 1. The number of alkyl halides is 1. The number of carbonyl (C=O) groups excluding carboxylic acids is 2. The number of nitrogens with one attached hydrogen (secondary N) is 2. The highest BCUT2D eigenvalue weighted by molar-refractivity contribution is 6.27. The predicted molar refractivity (Wildman–Crippen MR) is 114 cm³/mol. The number of benzene rings is 1. The normalized spacial score (nSPS) is 15.4. The average molecular weight is 411 g/mol. The summed E-state index contributed by atoms with van der Waals surface area (Å²) < 4.78 is 0. The van der Waals surface area contributed by atoms with Crippen LogP contribution in [0.4, 0.5) is 0 Å². The summed E-state index contributed by atoms with van der Waals surface area (Å²) in [6.07, 6.45) is 0.330. The summed E-state index contributed by atoms with van der Waals surface area (Å²) in [5, 5.41) is 16.5. The molecule has 0 saturated carbocycles. The van der Waals surface area contributed by atoms with Crippen molar-refractivity contribution in [1.82, 2.24) is 10.6 Å². The molecule has 2 unspecified atom stereocenters. The van der Waals surface area contributed by atoms with Gasteiger partial charge in [0.15, 0.2) is 0 Å². The number of rotatable bonds is 8. The Balaban J connectivity index is 3.04. The molecule has 1 aromatic carbocycles. The van der Waals surface area contributed by atoms with Crippen LogP contribution in [-0.2, 0) is 16.0 Å². The molecule has 1 rings (SSSR count). The molecule has 0 aliphatic rings. The lowest BCUT2D eigenvalue weighted by Crippen LogP contribution is -2.58. The Morgan fingerprint density at radius 2 is 1.61 bits per heavy atom. The molecule has 5 nitrogen and oxygen atoms in total. The first-order valence-corrected chi connectivity index (χ1v) is 10.2. The number of carbonyl (C=O) groups is 2. The molecule has 6 heteroatoms. The molecule has 3 N–H and O–H groups in total. The number of halogens is 1. The van der Waals surface area contributed by atoms with Crippen molar-refractivity contribution in [2.75, 3.05) is 5.88 Å². The van der Waals surface area contributed by atoms with Crippen LogP contribution in [0.1, 0.15) is 53.5 Å². The molecule has 0 bridgehead atoms. The minimum Gasteiger partial charge on any atom is -0.391 e. The molecular weight excluding hydrogens is 376 g/mol. The van der Waals surface area contributed by atoms with E-state index in [1.807, 2.05) is 51.1 Å². The zero-order valence-electron chi connectivity index (χ0n) is 17.9. The van der Waals surface area contributed by atoms with Crippen LogP contribution in [0.15, 0.2) is 30.3 Å². The van der Waals surface area contributed by atoms with Gasteiger partial charge in [0.05, 0.1) is 12.1 Å². The predicted octanol–water partition coefficient (Wildman–Crippen LogP) is 3.28. The minimum atomic E-state index is -0.751. The quantitative estimate of drug-likeness (QED) is 0.575. The molecule has 2 amide bonds. The first-order valence-electron chi connectivity index (χ1n) is 9.71. The second kappa shape index (κ2) is 10.3. The van der Waals surface area contributed by atoms with Gasteiger partial charge in [0.2, 0.25) is 11.8 Å². The number of hydrogen-bond acceptors (Lipinski definition) is 3. The van der Waals surface area contributed by atoms with Crippen LogP contribution in [0.2, 0.25) is 0 Å². The lowest BCUT2D eigenvalue weighted by atomic mass is 9.84. The van der Waals surface area contributed by atoms with Crippen molar-refractivity contribution in [1.29, 1.82) is 0 Å². The fraction of sp³-hybridized carbons (Fsp3) is 0.636. The van der Waals surface area contributed by atoms with Gasteiger partial charge in [-0.3, -0.25) is 9.59 Å². The van der Waals surface area contributed by atoms with E-state index in [1.165, 1.54) is 0 Å². The minimum absolute atomic E-state index is 0.0879. The van der Waals surface area contributed by atoms with E-state index in [9.17, 15) is 14.7 Å². The van der Waals surface area contributed by atoms with Crippen molar-refractivity contribution in [3.05, 3.63) is 35.9 Å². The Kier molecular flexibility index (Phi) is 8.96. The van der Waals surface area contributed by atoms with E-state index in [4.69, 9.17) is 11.6 Å². The number of hydrogen-bond donors (Lipinski definition) is 3. The van der Waals surface area contributed by atoms with Crippen LogP contribution in [0, 0.1) is 10.8 Å². The van der Waals surface area contributed by atoms with Crippen LogP contribution in [0.3, 0.4) is 0 Å². The molecule has 0 spiro atoms. The van der Waals surface area contributed by atoms with E-state index in [0.29, 0.717) is 12.8 Å². The Bertz CT molecular complexity index is 635. The maximum Gasteiger partial charge on any atom is 0.243 e. The topological polar surface area (TPSA) is 78.4 Å². The van der Waals surface area contributed by atoms with Crippen LogP contribution in [-0.4, -0.2) is 41.0 Å². The van der Waals surface area contributed by atoms with Gasteiger partial charge < -0.3 is 15.7 Å². The lowest BCUT2D eigenvalue weighted by molar-refractivity contribution is -0.131. The molecule has 0 saturated heterocycles. The highest BCUT2D eigenvalue weighted by Crippen LogP contribution is 2.24. The molecule has 0 radical (unpaired) electrons. The van der Waals surface area contributed by atoms with Crippen molar-refractivity contribution in [2.45, 2.75) is 72.6 Å². The van der Waals surface area contributed by atoms with Crippen molar-refractivity contribution >= 4 is 23.4 Å². The van der Waals surface area contributed by atoms with Gasteiger partial charge in [0.1, 0.15) is 11.9 Å². The summed E-state index contributed by atoms with van der Waals surface area (Å²) in [6, 6.07) is 8.52. The molecule has 0 aliphatic carbocycles. The standard InChI is InChI=1S/C22H35ClN2O3/c1-21(2,3)13-17(26)16(12-15-10-8-7-9-11-15)24-20(28)19(22(4,5)6)25-18(27)14-23/h7-11,16-17,19,26H,12-14H2,1-6H3,(H,24,28)(H,25,27)/t16?,17?,19-/m1/s1. The molecule has 0 aliphatic heterocycles. The lowest BCUT2D eigenvalue weighted by Gasteiger charge is -2.34. The number of amides is 2. The summed E-state index contributed by atoms with van der Waals surface area (Å²) in [4.78, 5) is 24.8. The molecule has 0 heterocycles. The van der Waals surface area contributed by atoms with E-state index in [-0.39, 0.29) is 17.2 Å². The highest BCUT2D eigenvalue weighted by atomic mass is 35.5. The third-order valence-electron chi connectivity index (χ3n) is 4.47. The largest absolute Gasteiger partial charge is 0.391 e. The third kappa shape index (κ3) is 8.61. The Morgan fingerprint density at radius 3 is 2.07 bits per heavy atom. The summed E-state index contributed by atoms with van der Waals surface area (Å²) in [5.74, 6) is -0.925. The molecule has 28 heavy (non-hydrogen) atoms. The molecule has 1 aromatic rings. The Morgan fingerprint density at radius 1 is 1.04 bits per heavy atom. The first kappa shape index (κ1) is 24.4. The van der Waals surface area contributed by atoms with Crippen LogP contribution >= 0.6 is 11.6 Å². The van der Waals surface area contributed by atoms with Gasteiger partial charge in [-0.25, -0.2) is 0 Å². The van der Waals surface area contributed by atoms with Crippen molar-refractivity contribution in [2.24, 2.45) is 10.8 Å². The molecule has 3 atom stereocenters. The van der Waals surface area contributed by atoms with E-state index in [0.717, 1.165) is 5.56 Å². The van der Waals surface area contributed by atoms with Gasteiger partial charge in [-0.15, -0.1) is 11.6 Å². The zero-order valence-corrected chi connectivity index (χ0v) is 18.6. The monoisotopic (exact) mass is 410 g/mol. The first-order chi connectivity index (χ1) is 12.8. The van der Waals surface area contributed by atoms with Crippen LogP contribution < -0.4 is 10.6 Å². The van der Waals surface area contributed by atoms with Gasteiger partial charge in [0.25, 0.3) is 0 Å². The second-order valence-corrected chi connectivity index (χ2v) is 9.90. The van der Waals surface area contributed by atoms with E-state index < -0.39 is 29.5 Å².